The van der Waals surface area contributed by atoms with Gasteiger partial charge in [-0.25, -0.2) is 0 Å². The number of carbonyl (C=O) groups is 1. The molecule has 0 aromatic heterocycles. The summed E-state index contributed by atoms with van der Waals surface area (Å²) in [5, 5.41) is 3.11. The largest absolute Gasteiger partial charge is 0.340 e. The summed E-state index contributed by atoms with van der Waals surface area (Å²) in [4.78, 5) is 13.6. The van der Waals surface area contributed by atoms with Crippen molar-refractivity contribution in [3.05, 3.63) is 0 Å². The predicted molar refractivity (Wildman–Crippen MR) is 56.0 cm³/mol. The van der Waals surface area contributed by atoms with Crippen LogP contribution in [0.1, 0.15) is 32.6 Å². The number of amides is 1. The Balaban J connectivity index is 1.91. The average molecular weight is 196 g/mol. The molecule has 1 N–H and O–H groups in total. The molecule has 0 spiro atoms. The fourth-order valence-corrected chi connectivity index (χ4v) is 2.66. The molecule has 0 aromatic rings. The van der Waals surface area contributed by atoms with Crippen LogP contribution in [0.3, 0.4) is 0 Å². The second-order valence-electron chi connectivity index (χ2n) is 5.01. The molecule has 14 heavy (non-hydrogen) atoms. The van der Waals surface area contributed by atoms with Gasteiger partial charge in [-0.05, 0) is 18.3 Å². The zero-order valence-corrected chi connectivity index (χ0v) is 9.01. The monoisotopic (exact) mass is 196 g/mol. The molecular formula is C11H20N2O. The fraction of sp³-hybridized carbons (Fsp3) is 0.909. The van der Waals surface area contributed by atoms with E-state index in [9.17, 15) is 4.79 Å². The number of rotatable bonds is 2. The zero-order chi connectivity index (χ0) is 10.0. The first-order valence-corrected chi connectivity index (χ1v) is 5.68. The van der Waals surface area contributed by atoms with Crippen molar-refractivity contribution in [2.75, 3.05) is 26.2 Å². The van der Waals surface area contributed by atoms with E-state index in [0.717, 1.165) is 19.6 Å². The summed E-state index contributed by atoms with van der Waals surface area (Å²) >= 11 is 0. The van der Waals surface area contributed by atoms with Gasteiger partial charge in [0.2, 0.25) is 5.91 Å². The second-order valence-corrected chi connectivity index (χ2v) is 5.01. The van der Waals surface area contributed by atoms with Crippen LogP contribution in [0.2, 0.25) is 0 Å². The normalized spacial score (nSPS) is 26.9. The van der Waals surface area contributed by atoms with Gasteiger partial charge in [-0.3, -0.25) is 4.79 Å². The minimum atomic E-state index is 0.282. The summed E-state index contributed by atoms with van der Waals surface area (Å²) in [6.07, 6.45) is 5.28. The van der Waals surface area contributed by atoms with Crippen LogP contribution in [0.25, 0.3) is 0 Å². The van der Waals surface area contributed by atoms with Crippen LogP contribution < -0.4 is 5.32 Å². The number of hydrogen-bond donors (Lipinski definition) is 1. The van der Waals surface area contributed by atoms with Crippen LogP contribution in [0, 0.1) is 5.41 Å². The molecule has 1 amide bonds. The molecule has 0 aromatic carbocycles. The van der Waals surface area contributed by atoms with Crippen molar-refractivity contribution >= 4 is 5.91 Å². The molecule has 2 rings (SSSR count). The van der Waals surface area contributed by atoms with Gasteiger partial charge in [0.15, 0.2) is 0 Å². The van der Waals surface area contributed by atoms with Gasteiger partial charge in [0.1, 0.15) is 0 Å². The number of hydrogen-bond acceptors (Lipinski definition) is 2. The summed E-state index contributed by atoms with van der Waals surface area (Å²) < 4.78 is 0. The lowest BCUT2D eigenvalue weighted by atomic mass is 9.88. The Hall–Kier alpha value is -0.570. The highest BCUT2D eigenvalue weighted by molar-refractivity contribution is 5.79. The Morgan fingerprint density at radius 2 is 2.14 bits per heavy atom. The van der Waals surface area contributed by atoms with E-state index in [1.165, 1.54) is 25.7 Å². The van der Waals surface area contributed by atoms with E-state index in [4.69, 9.17) is 0 Å². The summed E-state index contributed by atoms with van der Waals surface area (Å²) in [6.45, 7) is 5.70. The maximum Gasteiger partial charge on any atom is 0.236 e. The van der Waals surface area contributed by atoms with Crippen LogP contribution in [0.4, 0.5) is 0 Å². The van der Waals surface area contributed by atoms with E-state index in [1.807, 2.05) is 4.90 Å². The molecule has 3 heteroatoms. The minimum absolute atomic E-state index is 0.282. The topological polar surface area (TPSA) is 32.3 Å². The van der Waals surface area contributed by atoms with E-state index in [0.29, 0.717) is 12.0 Å². The number of piperazine rings is 1. The van der Waals surface area contributed by atoms with Crippen molar-refractivity contribution in [3.63, 3.8) is 0 Å². The Labute approximate surface area is 85.8 Å². The highest BCUT2D eigenvalue weighted by Crippen LogP contribution is 2.38. The third-order valence-corrected chi connectivity index (χ3v) is 3.57. The van der Waals surface area contributed by atoms with Crippen molar-refractivity contribution in [1.82, 2.24) is 10.2 Å². The minimum Gasteiger partial charge on any atom is -0.340 e. The lowest BCUT2D eigenvalue weighted by Gasteiger charge is -2.35. The van der Waals surface area contributed by atoms with Crippen molar-refractivity contribution in [2.45, 2.75) is 32.6 Å². The molecule has 0 atom stereocenters. The van der Waals surface area contributed by atoms with Crippen LogP contribution in [-0.4, -0.2) is 37.0 Å². The molecule has 1 aliphatic heterocycles. The Morgan fingerprint density at radius 1 is 1.43 bits per heavy atom. The maximum atomic E-state index is 11.6. The summed E-state index contributed by atoms with van der Waals surface area (Å²) in [6, 6.07) is 0. The zero-order valence-electron chi connectivity index (χ0n) is 9.01. The van der Waals surface area contributed by atoms with Gasteiger partial charge in [0.25, 0.3) is 0 Å². The van der Waals surface area contributed by atoms with Gasteiger partial charge in [-0.15, -0.1) is 0 Å². The van der Waals surface area contributed by atoms with Crippen molar-refractivity contribution in [3.8, 4) is 0 Å². The number of carbonyl (C=O) groups excluding carboxylic acids is 1. The van der Waals surface area contributed by atoms with Crippen molar-refractivity contribution < 1.29 is 4.79 Å². The van der Waals surface area contributed by atoms with Gasteiger partial charge in [-0.1, -0.05) is 19.8 Å². The lowest BCUT2D eigenvalue weighted by Crippen LogP contribution is -2.50. The lowest BCUT2D eigenvalue weighted by molar-refractivity contribution is -0.133. The van der Waals surface area contributed by atoms with E-state index in [-0.39, 0.29) is 5.91 Å². The molecule has 1 saturated heterocycles. The quantitative estimate of drug-likeness (QED) is 0.714. The third kappa shape index (κ3) is 2.08. The molecule has 2 aliphatic rings. The Kier molecular flexibility index (Phi) is 2.77. The molecule has 0 unspecified atom stereocenters. The van der Waals surface area contributed by atoms with Gasteiger partial charge < -0.3 is 10.2 Å². The highest BCUT2D eigenvalue weighted by atomic mass is 16.2. The van der Waals surface area contributed by atoms with Gasteiger partial charge in [-0.2, -0.15) is 0 Å². The van der Waals surface area contributed by atoms with Crippen molar-refractivity contribution in [2.24, 2.45) is 5.41 Å². The molecular weight excluding hydrogens is 176 g/mol. The first-order valence-electron chi connectivity index (χ1n) is 5.68. The third-order valence-electron chi connectivity index (χ3n) is 3.57. The molecule has 2 fully saturated rings. The average Bonchev–Trinajstić information content (AvgIpc) is 2.57. The molecule has 1 heterocycles. The molecule has 1 saturated carbocycles. The summed E-state index contributed by atoms with van der Waals surface area (Å²) in [5.41, 5.74) is 0.410. The fourth-order valence-electron chi connectivity index (χ4n) is 2.66. The summed E-state index contributed by atoms with van der Waals surface area (Å²) in [5.74, 6) is 0.282. The van der Waals surface area contributed by atoms with Crippen LogP contribution >= 0.6 is 0 Å². The first-order chi connectivity index (χ1) is 6.70. The molecule has 0 bridgehead atoms. The molecule has 0 radical (unpaired) electrons. The van der Waals surface area contributed by atoms with E-state index in [1.54, 1.807) is 0 Å². The smallest absolute Gasteiger partial charge is 0.236 e. The van der Waals surface area contributed by atoms with Gasteiger partial charge >= 0.3 is 0 Å². The predicted octanol–water partition coefficient (Wildman–Crippen LogP) is 0.998. The van der Waals surface area contributed by atoms with E-state index >= 15 is 0 Å². The van der Waals surface area contributed by atoms with Crippen LogP contribution in [0.5, 0.6) is 0 Å². The standard InChI is InChI=1S/C11H20N2O/c1-11(4-2-3-5-11)9-13-7-6-12-8-10(13)14/h12H,2-9H2,1H3. The van der Waals surface area contributed by atoms with Crippen LogP contribution in [0.15, 0.2) is 0 Å². The van der Waals surface area contributed by atoms with Gasteiger partial charge in [0, 0.05) is 19.6 Å². The van der Waals surface area contributed by atoms with E-state index < -0.39 is 0 Å². The molecule has 1 aliphatic carbocycles. The van der Waals surface area contributed by atoms with Gasteiger partial charge in [0.05, 0.1) is 6.54 Å². The van der Waals surface area contributed by atoms with Crippen molar-refractivity contribution in [1.29, 1.82) is 0 Å². The molecule has 3 nitrogen and oxygen atoms in total. The second kappa shape index (κ2) is 3.89. The highest BCUT2D eigenvalue weighted by Gasteiger charge is 2.32. The van der Waals surface area contributed by atoms with Crippen LogP contribution in [-0.2, 0) is 4.79 Å². The first kappa shape index (κ1) is 9.97. The Bertz CT molecular complexity index is 221. The Morgan fingerprint density at radius 3 is 2.79 bits per heavy atom. The number of nitrogens with zero attached hydrogens (tertiary/aromatic N) is 1. The number of nitrogens with one attached hydrogen (secondary N) is 1. The maximum absolute atomic E-state index is 11.6. The SMILES string of the molecule is CC1(CN2CCNCC2=O)CCCC1. The molecule has 80 valence electrons. The summed E-state index contributed by atoms with van der Waals surface area (Å²) in [7, 11) is 0. The van der Waals surface area contributed by atoms with E-state index in [2.05, 4.69) is 12.2 Å².